The molecular formula is C10H12ClN2. The van der Waals surface area contributed by atoms with Crippen LogP contribution in [0.3, 0.4) is 0 Å². The van der Waals surface area contributed by atoms with E-state index < -0.39 is 0 Å². The Bertz CT molecular complexity index is 282. The molecule has 1 aromatic heterocycles. The summed E-state index contributed by atoms with van der Waals surface area (Å²) >= 11 is 5.96. The highest BCUT2D eigenvalue weighted by atomic mass is 35.5. The van der Waals surface area contributed by atoms with Gasteiger partial charge in [0.05, 0.1) is 5.69 Å². The van der Waals surface area contributed by atoms with Crippen molar-refractivity contribution in [1.82, 2.24) is 9.97 Å². The van der Waals surface area contributed by atoms with Crippen molar-refractivity contribution in [2.75, 3.05) is 0 Å². The van der Waals surface area contributed by atoms with E-state index in [1.807, 2.05) is 0 Å². The molecule has 2 nitrogen and oxygen atoms in total. The van der Waals surface area contributed by atoms with Gasteiger partial charge in [0.25, 0.3) is 0 Å². The molecule has 0 amide bonds. The van der Waals surface area contributed by atoms with Crippen molar-refractivity contribution in [2.45, 2.75) is 31.6 Å². The lowest BCUT2D eigenvalue weighted by Gasteiger charge is -2.20. The summed E-state index contributed by atoms with van der Waals surface area (Å²) in [6.07, 6.45) is 10.6. The van der Waals surface area contributed by atoms with E-state index in [0.717, 1.165) is 5.69 Å². The fourth-order valence-corrected chi connectivity index (χ4v) is 2.02. The molecule has 13 heavy (non-hydrogen) atoms. The standard InChI is InChI=1S/C10H12ClN2/c11-10-9(12-6-7-13-10)8-4-2-1-3-5-8/h4,6-8H,1-3,5H2. The molecule has 1 radical (unpaired) electrons. The van der Waals surface area contributed by atoms with Gasteiger partial charge in [-0.15, -0.1) is 0 Å². The molecule has 1 heterocycles. The Balaban J connectivity index is 2.18. The first-order chi connectivity index (χ1) is 6.38. The van der Waals surface area contributed by atoms with E-state index in [4.69, 9.17) is 11.6 Å². The molecule has 0 saturated heterocycles. The van der Waals surface area contributed by atoms with Crippen LogP contribution in [0, 0.1) is 6.42 Å². The first-order valence-corrected chi connectivity index (χ1v) is 5.05. The third kappa shape index (κ3) is 1.99. The lowest BCUT2D eigenvalue weighted by molar-refractivity contribution is 0.524. The molecule has 1 aliphatic rings. The van der Waals surface area contributed by atoms with Crippen LogP contribution >= 0.6 is 11.6 Å². The van der Waals surface area contributed by atoms with E-state index in [0.29, 0.717) is 11.1 Å². The molecule has 2 rings (SSSR count). The van der Waals surface area contributed by atoms with Gasteiger partial charge < -0.3 is 0 Å². The average Bonchev–Trinajstić information content (AvgIpc) is 2.20. The summed E-state index contributed by atoms with van der Waals surface area (Å²) in [4.78, 5) is 8.31. The Hall–Kier alpha value is -0.630. The third-order valence-corrected chi connectivity index (χ3v) is 2.74. The molecule has 0 spiro atoms. The second kappa shape index (κ2) is 4.05. The predicted molar refractivity (Wildman–Crippen MR) is 52.6 cm³/mol. The zero-order chi connectivity index (χ0) is 9.10. The van der Waals surface area contributed by atoms with Crippen LogP contribution in [0.1, 0.15) is 37.3 Å². The van der Waals surface area contributed by atoms with Gasteiger partial charge in [0.1, 0.15) is 0 Å². The van der Waals surface area contributed by atoms with Crippen molar-refractivity contribution < 1.29 is 0 Å². The van der Waals surface area contributed by atoms with Crippen LogP contribution in [-0.4, -0.2) is 9.97 Å². The van der Waals surface area contributed by atoms with Crippen molar-refractivity contribution in [2.24, 2.45) is 0 Å². The zero-order valence-corrected chi connectivity index (χ0v) is 8.17. The average molecular weight is 196 g/mol. The minimum absolute atomic E-state index is 0.426. The summed E-state index contributed by atoms with van der Waals surface area (Å²) in [7, 11) is 0. The van der Waals surface area contributed by atoms with Crippen LogP contribution in [0.25, 0.3) is 0 Å². The van der Waals surface area contributed by atoms with Crippen LogP contribution in [0.2, 0.25) is 5.15 Å². The van der Waals surface area contributed by atoms with Crippen LogP contribution in [-0.2, 0) is 0 Å². The maximum absolute atomic E-state index is 5.96. The second-order valence-electron chi connectivity index (χ2n) is 3.36. The van der Waals surface area contributed by atoms with Gasteiger partial charge in [-0.3, -0.25) is 4.98 Å². The molecule has 1 fully saturated rings. The minimum atomic E-state index is 0.426. The van der Waals surface area contributed by atoms with E-state index in [2.05, 4.69) is 16.4 Å². The largest absolute Gasteiger partial charge is 0.256 e. The molecule has 0 aliphatic heterocycles. The molecule has 1 aromatic rings. The normalized spacial score (nSPS) is 18.8. The van der Waals surface area contributed by atoms with Gasteiger partial charge in [-0.1, -0.05) is 24.4 Å². The van der Waals surface area contributed by atoms with Gasteiger partial charge in [-0.05, 0) is 19.3 Å². The van der Waals surface area contributed by atoms with Crippen molar-refractivity contribution in [3.05, 3.63) is 29.7 Å². The zero-order valence-electron chi connectivity index (χ0n) is 7.41. The molecule has 1 saturated carbocycles. The summed E-state index contributed by atoms with van der Waals surface area (Å²) in [5.74, 6) is 0.426. The number of hydrogen-bond donors (Lipinski definition) is 0. The SMILES string of the molecule is Clc1nccnc1C1[CH]CCCC1. The third-order valence-electron chi connectivity index (χ3n) is 2.45. The van der Waals surface area contributed by atoms with Gasteiger partial charge in [-0.25, -0.2) is 4.98 Å². The number of rotatable bonds is 1. The minimum Gasteiger partial charge on any atom is -0.256 e. The number of nitrogens with zero attached hydrogens (tertiary/aromatic N) is 2. The van der Waals surface area contributed by atoms with E-state index in [9.17, 15) is 0 Å². The fraction of sp³-hybridized carbons (Fsp3) is 0.500. The van der Waals surface area contributed by atoms with Crippen molar-refractivity contribution >= 4 is 11.6 Å². The first kappa shape index (κ1) is 8.95. The Kier molecular flexibility index (Phi) is 2.79. The van der Waals surface area contributed by atoms with Gasteiger partial charge in [-0.2, -0.15) is 0 Å². The molecule has 0 N–H and O–H groups in total. The van der Waals surface area contributed by atoms with E-state index in [1.165, 1.54) is 25.7 Å². The lowest BCUT2D eigenvalue weighted by Crippen LogP contribution is -2.08. The van der Waals surface area contributed by atoms with Crippen LogP contribution in [0.5, 0.6) is 0 Å². The fourth-order valence-electron chi connectivity index (χ4n) is 1.77. The van der Waals surface area contributed by atoms with Gasteiger partial charge in [0, 0.05) is 18.3 Å². The summed E-state index contributed by atoms with van der Waals surface area (Å²) in [5.41, 5.74) is 0.948. The Morgan fingerprint density at radius 1 is 1.23 bits per heavy atom. The second-order valence-corrected chi connectivity index (χ2v) is 3.72. The first-order valence-electron chi connectivity index (χ1n) is 4.67. The maximum Gasteiger partial charge on any atom is 0.150 e. The molecule has 1 atom stereocenters. The van der Waals surface area contributed by atoms with E-state index in [1.54, 1.807) is 12.4 Å². The van der Waals surface area contributed by atoms with Gasteiger partial charge >= 0.3 is 0 Å². The van der Waals surface area contributed by atoms with Gasteiger partial charge in [0.2, 0.25) is 0 Å². The predicted octanol–water partition coefficient (Wildman–Crippen LogP) is 2.99. The monoisotopic (exact) mass is 195 g/mol. The summed E-state index contributed by atoms with van der Waals surface area (Å²) in [6.45, 7) is 0. The highest BCUT2D eigenvalue weighted by Crippen LogP contribution is 2.32. The molecule has 1 aliphatic carbocycles. The molecule has 0 aromatic carbocycles. The van der Waals surface area contributed by atoms with Crippen LogP contribution in [0.15, 0.2) is 12.4 Å². The Morgan fingerprint density at radius 3 is 2.77 bits per heavy atom. The number of aromatic nitrogens is 2. The molecule has 3 heteroatoms. The topological polar surface area (TPSA) is 25.8 Å². The summed E-state index contributed by atoms with van der Waals surface area (Å²) < 4.78 is 0. The van der Waals surface area contributed by atoms with E-state index >= 15 is 0 Å². The number of hydrogen-bond acceptors (Lipinski definition) is 2. The molecule has 0 bridgehead atoms. The summed E-state index contributed by atoms with van der Waals surface area (Å²) in [6, 6.07) is 0. The molecular weight excluding hydrogens is 184 g/mol. The Morgan fingerprint density at radius 2 is 2.08 bits per heavy atom. The maximum atomic E-state index is 5.96. The molecule has 1 unspecified atom stereocenters. The van der Waals surface area contributed by atoms with Crippen molar-refractivity contribution in [3.63, 3.8) is 0 Å². The quantitative estimate of drug-likeness (QED) is 0.689. The van der Waals surface area contributed by atoms with Crippen molar-refractivity contribution in [1.29, 1.82) is 0 Å². The van der Waals surface area contributed by atoms with Crippen LogP contribution < -0.4 is 0 Å². The lowest BCUT2D eigenvalue weighted by atomic mass is 9.87. The van der Waals surface area contributed by atoms with E-state index in [-0.39, 0.29) is 0 Å². The highest BCUT2D eigenvalue weighted by molar-refractivity contribution is 6.30. The molecule has 69 valence electrons. The van der Waals surface area contributed by atoms with Crippen LogP contribution in [0.4, 0.5) is 0 Å². The summed E-state index contributed by atoms with van der Waals surface area (Å²) in [5, 5.41) is 0.561. The van der Waals surface area contributed by atoms with Crippen molar-refractivity contribution in [3.8, 4) is 0 Å². The smallest absolute Gasteiger partial charge is 0.150 e. The Labute approximate surface area is 83.4 Å². The number of halogens is 1. The van der Waals surface area contributed by atoms with Gasteiger partial charge in [0.15, 0.2) is 5.15 Å². The highest BCUT2D eigenvalue weighted by Gasteiger charge is 2.19.